The van der Waals surface area contributed by atoms with Gasteiger partial charge in [0.2, 0.25) is 0 Å². The molecule has 3 heteroatoms. The number of hydrogen-bond acceptors (Lipinski definition) is 2. The highest BCUT2D eigenvalue weighted by atomic mass is 14.9. The van der Waals surface area contributed by atoms with Crippen molar-refractivity contribution in [3.05, 3.63) is 242 Å². The van der Waals surface area contributed by atoms with E-state index in [0.717, 1.165) is 55.8 Å². The van der Waals surface area contributed by atoms with Gasteiger partial charge in [0, 0.05) is 23.5 Å². The van der Waals surface area contributed by atoms with E-state index in [1.54, 1.807) is 24.4 Å². The van der Waals surface area contributed by atoms with Crippen molar-refractivity contribution in [3.63, 3.8) is 0 Å². The highest BCUT2D eigenvalue weighted by Crippen LogP contribution is 2.29. The molecule has 1 heterocycles. The smallest absolute Gasteiger partial charge is 0.159 e. The van der Waals surface area contributed by atoms with E-state index in [1.165, 1.54) is 0 Å². The van der Waals surface area contributed by atoms with Gasteiger partial charge in [-0.25, -0.2) is 9.98 Å². The first kappa shape index (κ1) is 37.1. The van der Waals surface area contributed by atoms with Crippen molar-refractivity contribution in [1.29, 1.82) is 0 Å². The average Bonchev–Trinajstić information content (AvgIpc) is 3.16. The highest BCUT2D eigenvalue weighted by Gasteiger charge is 2.09. The second-order valence-electron chi connectivity index (χ2n) is 11.3. The third-order valence-corrected chi connectivity index (χ3v) is 7.55. The maximum Gasteiger partial charge on any atom is 0.159 e. The molecule has 3 nitrogen and oxygen atoms in total. The van der Waals surface area contributed by atoms with Gasteiger partial charge in [0.1, 0.15) is 0 Å². The Labute approximate surface area is 303 Å². The van der Waals surface area contributed by atoms with Crippen molar-refractivity contribution in [1.82, 2.24) is 4.98 Å². The predicted molar refractivity (Wildman–Crippen MR) is 223 cm³/mol. The summed E-state index contributed by atoms with van der Waals surface area (Å²) >= 11 is 0. The van der Waals surface area contributed by atoms with Gasteiger partial charge in [-0.1, -0.05) is 179 Å². The third-order valence-electron chi connectivity index (χ3n) is 7.55. The summed E-state index contributed by atoms with van der Waals surface area (Å²) in [6.07, 6.45) is 27.0. The van der Waals surface area contributed by atoms with Crippen LogP contribution in [-0.4, -0.2) is 17.0 Å². The van der Waals surface area contributed by atoms with Crippen molar-refractivity contribution in [2.24, 2.45) is 9.98 Å². The van der Waals surface area contributed by atoms with Crippen molar-refractivity contribution >= 4 is 29.8 Å². The van der Waals surface area contributed by atoms with Crippen LogP contribution in [0.2, 0.25) is 0 Å². The zero-order valence-corrected chi connectivity index (χ0v) is 29.2. The number of aromatic nitrogens is 1. The second-order valence-corrected chi connectivity index (χ2v) is 11.3. The average molecular weight is 662 g/mol. The van der Waals surface area contributed by atoms with Crippen LogP contribution < -0.4 is 0 Å². The topological polar surface area (TPSA) is 37.6 Å². The molecule has 51 heavy (non-hydrogen) atoms. The summed E-state index contributed by atoms with van der Waals surface area (Å²) in [5.41, 5.74) is 10.2. The molecule has 4 rings (SSSR count). The maximum atomic E-state index is 4.78. The molecule has 0 fully saturated rings. The van der Waals surface area contributed by atoms with Crippen molar-refractivity contribution < 1.29 is 0 Å². The number of pyridine rings is 1. The fourth-order valence-electron chi connectivity index (χ4n) is 4.96. The molecular formula is C48H43N3. The van der Waals surface area contributed by atoms with Crippen LogP contribution in [0.1, 0.15) is 29.2 Å². The SMILES string of the molecule is C=C/C=C(/C=C/c1ccccc1)C(\C=C/C=NC(=NC(=C)C(=C)C)c1cccc(/C=C/C(=C\C=C)c2ccccc2-c2ccccn2)c1)=C\C=C. The lowest BCUT2D eigenvalue weighted by molar-refractivity contribution is 1.29. The number of allylic oxidation sites excluding steroid dienone is 14. The molecule has 3 aromatic carbocycles. The standard InChI is InChI=1S/C48H43N3/c1-7-19-41(42(20-8-2)32-30-39-22-11-10-12-23-39)26-18-35-50-48(51-38(6)37(4)5)44-25-17-24-40(36-44)31-33-43(21-9-3)45-27-13-14-28-46(45)47-29-15-16-34-49-47/h7-36H,1-4,6H2,5H3/b26-18-,32-30+,33-31+,41-19+,42-20-,43-21+,50-35?,51-48?. The van der Waals surface area contributed by atoms with E-state index >= 15 is 0 Å². The number of benzene rings is 3. The van der Waals surface area contributed by atoms with E-state index in [4.69, 9.17) is 9.98 Å². The molecule has 0 spiro atoms. The number of amidine groups is 1. The van der Waals surface area contributed by atoms with Crippen LogP contribution in [0.15, 0.2) is 229 Å². The van der Waals surface area contributed by atoms with Crippen LogP contribution in [0.3, 0.4) is 0 Å². The Morgan fingerprint density at radius 2 is 1.33 bits per heavy atom. The summed E-state index contributed by atoms with van der Waals surface area (Å²) in [6, 6.07) is 32.4. The van der Waals surface area contributed by atoms with E-state index in [-0.39, 0.29) is 0 Å². The largest absolute Gasteiger partial charge is 0.256 e. The summed E-state index contributed by atoms with van der Waals surface area (Å²) in [6.45, 7) is 21.8. The monoisotopic (exact) mass is 661 g/mol. The Bertz CT molecular complexity index is 2110. The van der Waals surface area contributed by atoms with Crippen LogP contribution >= 0.6 is 0 Å². The Balaban J connectivity index is 1.64. The van der Waals surface area contributed by atoms with Crippen LogP contribution in [0.5, 0.6) is 0 Å². The number of hydrogen-bond donors (Lipinski definition) is 0. The minimum absolute atomic E-state index is 0.519. The van der Waals surface area contributed by atoms with E-state index in [1.807, 2.05) is 110 Å². The third kappa shape index (κ3) is 11.4. The fraction of sp³-hybridized carbons (Fsp3) is 0.0208. The molecular weight excluding hydrogens is 619 g/mol. The molecule has 0 aliphatic carbocycles. The van der Waals surface area contributed by atoms with Gasteiger partial charge in [0.05, 0.1) is 11.4 Å². The van der Waals surface area contributed by atoms with Gasteiger partial charge < -0.3 is 0 Å². The van der Waals surface area contributed by atoms with Gasteiger partial charge in [-0.15, -0.1) is 0 Å². The number of aliphatic imine (C=N–C) groups is 2. The lowest BCUT2D eigenvalue weighted by Gasteiger charge is -2.10. The fourth-order valence-corrected chi connectivity index (χ4v) is 4.96. The molecule has 0 bridgehead atoms. The first-order valence-electron chi connectivity index (χ1n) is 16.6. The minimum Gasteiger partial charge on any atom is -0.256 e. The van der Waals surface area contributed by atoms with Crippen molar-refractivity contribution in [2.45, 2.75) is 6.92 Å². The Morgan fingerprint density at radius 1 is 0.667 bits per heavy atom. The maximum absolute atomic E-state index is 4.78. The van der Waals surface area contributed by atoms with E-state index in [9.17, 15) is 0 Å². The molecule has 250 valence electrons. The molecule has 0 aliphatic rings. The Hall–Kier alpha value is -6.71. The van der Waals surface area contributed by atoms with E-state index in [2.05, 4.69) is 92.5 Å². The Morgan fingerprint density at radius 3 is 2.04 bits per heavy atom. The molecule has 0 N–H and O–H groups in total. The summed E-state index contributed by atoms with van der Waals surface area (Å²) in [5, 5.41) is 0. The highest BCUT2D eigenvalue weighted by molar-refractivity contribution is 6.05. The van der Waals surface area contributed by atoms with Crippen molar-refractivity contribution in [3.8, 4) is 11.3 Å². The first-order valence-corrected chi connectivity index (χ1v) is 16.6. The van der Waals surface area contributed by atoms with Gasteiger partial charge in [-0.2, -0.15) is 0 Å². The summed E-state index contributed by atoms with van der Waals surface area (Å²) < 4.78 is 0. The van der Waals surface area contributed by atoms with Crippen LogP contribution in [0, 0.1) is 0 Å². The molecule has 0 saturated heterocycles. The zero-order chi connectivity index (χ0) is 36.3. The quantitative estimate of drug-likeness (QED) is 0.0710. The molecule has 0 radical (unpaired) electrons. The number of nitrogens with zero attached hydrogens (tertiary/aromatic N) is 3. The number of rotatable bonds is 15. The minimum atomic E-state index is 0.519. The molecule has 0 amide bonds. The lowest BCUT2D eigenvalue weighted by Crippen LogP contribution is -1.99. The van der Waals surface area contributed by atoms with Gasteiger partial charge in [-0.3, -0.25) is 4.98 Å². The molecule has 0 unspecified atom stereocenters. The summed E-state index contributed by atoms with van der Waals surface area (Å²) in [4.78, 5) is 14.1. The van der Waals surface area contributed by atoms with Crippen molar-refractivity contribution in [2.75, 3.05) is 0 Å². The normalized spacial score (nSPS) is 13.0. The Kier molecular flexibility index (Phi) is 14.5. The van der Waals surface area contributed by atoms with Crippen LogP contribution in [0.25, 0.3) is 29.0 Å². The first-order chi connectivity index (χ1) is 24.9. The molecule has 0 atom stereocenters. The van der Waals surface area contributed by atoms with Gasteiger partial charge in [-0.05, 0) is 70.2 Å². The van der Waals surface area contributed by atoms with Crippen LogP contribution in [-0.2, 0) is 0 Å². The van der Waals surface area contributed by atoms with E-state index < -0.39 is 0 Å². The molecule has 0 saturated carbocycles. The van der Waals surface area contributed by atoms with Crippen LogP contribution in [0.4, 0.5) is 0 Å². The summed E-state index contributed by atoms with van der Waals surface area (Å²) in [5.74, 6) is 0.519. The van der Waals surface area contributed by atoms with Gasteiger partial charge in [0.25, 0.3) is 0 Å². The van der Waals surface area contributed by atoms with E-state index in [0.29, 0.717) is 11.5 Å². The summed E-state index contributed by atoms with van der Waals surface area (Å²) in [7, 11) is 0. The van der Waals surface area contributed by atoms with Gasteiger partial charge >= 0.3 is 0 Å². The molecule has 1 aromatic heterocycles. The molecule has 0 aliphatic heterocycles. The molecule has 4 aromatic rings. The predicted octanol–water partition coefficient (Wildman–Crippen LogP) is 12.4. The second kappa shape index (κ2) is 20.0. The lowest BCUT2D eigenvalue weighted by atomic mass is 9.96. The van der Waals surface area contributed by atoms with Gasteiger partial charge in [0.15, 0.2) is 5.84 Å². The zero-order valence-electron chi connectivity index (χ0n) is 29.2.